The second-order valence-electron chi connectivity index (χ2n) is 4.13. The molecule has 0 aromatic heterocycles. The van der Waals surface area contributed by atoms with Crippen molar-refractivity contribution in [3.63, 3.8) is 0 Å². The molecule has 0 unspecified atom stereocenters. The van der Waals surface area contributed by atoms with Gasteiger partial charge in [-0.15, -0.1) is 0 Å². The number of halogens is 1. The lowest BCUT2D eigenvalue weighted by molar-refractivity contribution is 0.318. The first-order valence-corrected chi connectivity index (χ1v) is 6.70. The maximum Gasteiger partial charge on any atom is 0.171 e. The fourth-order valence-corrected chi connectivity index (χ4v) is 1.99. The Bertz CT molecular complexity index is 642. The number of benzene rings is 2. The van der Waals surface area contributed by atoms with E-state index in [-0.39, 0.29) is 5.84 Å². The van der Waals surface area contributed by atoms with E-state index in [1.807, 2.05) is 19.1 Å². The number of ether oxygens (including phenoxy) is 2. The van der Waals surface area contributed by atoms with Crippen LogP contribution in [-0.2, 0) is 0 Å². The summed E-state index contributed by atoms with van der Waals surface area (Å²) in [5, 5.41) is 11.9. The van der Waals surface area contributed by atoms with Crippen molar-refractivity contribution in [2.75, 3.05) is 6.61 Å². The van der Waals surface area contributed by atoms with Gasteiger partial charge >= 0.3 is 0 Å². The third-order valence-corrected chi connectivity index (χ3v) is 3.01. The molecule has 0 radical (unpaired) electrons. The van der Waals surface area contributed by atoms with Crippen LogP contribution in [0.5, 0.6) is 17.2 Å². The smallest absolute Gasteiger partial charge is 0.171 e. The van der Waals surface area contributed by atoms with Gasteiger partial charge in [0.05, 0.1) is 11.6 Å². The first-order chi connectivity index (χ1) is 10.1. The van der Waals surface area contributed by atoms with Crippen LogP contribution in [0.15, 0.2) is 47.6 Å². The van der Waals surface area contributed by atoms with Gasteiger partial charge in [-0.1, -0.05) is 16.8 Å². The van der Waals surface area contributed by atoms with Crippen molar-refractivity contribution in [2.24, 2.45) is 10.9 Å². The van der Waals surface area contributed by atoms with E-state index in [4.69, 9.17) is 32.0 Å². The number of rotatable bonds is 5. The number of hydrogen-bond acceptors (Lipinski definition) is 4. The number of nitrogens with zero attached hydrogens (tertiary/aromatic N) is 1. The van der Waals surface area contributed by atoms with Crippen LogP contribution in [0.25, 0.3) is 0 Å². The molecule has 110 valence electrons. The van der Waals surface area contributed by atoms with Gasteiger partial charge in [0.15, 0.2) is 5.84 Å². The van der Waals surface area contributed by atoms with E-state index in [0.717, 1.165) is 5.75 Å². The van der Waals surface area contributed by atoms with Crippen LogP contribution in [0.2, 0.25) is 5.02 Å². The van der Waals surface area contributed by atoms with Crippen LogP contribution in [0.4, 0.5) is 0 Å². The molecule has 6 heteroatoms. The minimum Gasteiger partial charge on any atom is -0.494 e. The lowest BCUT2D eigenvalue weighted by Gasteiger charge is -2.09. The molecule has 0 saturated heterocycles. The van der Waals surface area contributed by atoms with E-state index in [0.29, 0.717) is 28.7 Å². The van der Waals surface area contributed by atoms with Crippen molar-refractivity contribution in [3.05, 3.63) is 53.1 Å². The second kappa shape index (κ2) is 6.85. The van der Waals surface area contributed by atoms with Gasteiger partial charge in [0.1, 0.15) is 17.2 Å². The predicted octanol–water partition coefficient (Wildman–Crippen LogP) is 3.63. The molecule has 5 nitrogen and oxygen atoms in total. The summed E-state index contributed by atoms with van der Waals surface area (Å²) in [6, 6.07) is 12.2. The molecule has 0 spiro atoms. The van der Waals surface area contributed by atoms with Crippen molar-refractivity contribution in [3.8, 4) is 17.2 Å². The minimum atomic E-state index is -0.0485. The zero-order valence-electron chi connectivity index (χ0n) is 11.4. The van der Waals surface area contributed by atoms with Gasteiger partial charge in [-0.05, 0) is 43.3 Å². The lowest BCUT2D eigenvalue weighted by atomic mass is 10.2. The molecule has 0 aliphatic heterocycles. The van der Waals surface area contributed by atoms with E-state index < -0.39 is 0 Å². The molecule has 2 aromatic rings. The third-order valence-electron chi connectivity index (χ3n) is 2.69. The standard InChI is InChI=1S/C15H15ClN2O3/c1-2-20-10-3-5-11(6-4-10)21-12-7-8-13(14(16)9-12)15(17)18-19/h3-9,19H,2H2,1H3,(H2,17,18). The SMILES string of the molecule is CCOc1ccc(Oc2ccc(C(N)=NO)c(Cl)c2)cc1. The van der Waals surface area contributed by atoms with Gasteiger partial charge in [-0.2, -0.15) is 0 Å². The Morgan fingerprint density at radius 2 is 1.76 bits per heavy atom. The maximum atomic E-state index is 8.65. The van der Waals surface area contributed by atoms with Crippen molar-refractivity contribution >= 4 is 17.4 Å². The third kappa shape index (κ3) is 3.79. The Morgan fingerprint density at radius 1 is 1.14 bits per heavy atom. The Hall–Kier alpha value is -2.40. The molecule has 2 aromatic carbocycles. The average molecular weight is 307 g/mol. The first kappa shape index (κ1) is 15.0. The van der Waals surface area contributed by atoms with Gasteiger partial charge < -0.3 is 20.4 Å². The van der Waals surface area contributed by atoms with Crippen molar-refractivity contribution in [1.82, 2.24) is 0 Å². The molecule has 3 N–H and O–H groups in total. The van der Waals surface area contributed by atoms with Gasteiger partial charge in [0.2, 0.25) is 0 Å². The van der Waals surface area contributed by atoms with Crippen molar-refractivity contribution in [2.45, 2.75) is 6.92 Å². The largest absolute Gasteiger partial charge is 0.494 e. The molecule has 0 amide bonds. The highest BCUT2D eigenvalue weighted by Crippen LogP contribution is 2.28. The van der Waals surface area contributed by atoms with Crippen LogP contribution < -0.4 is 15.2 Å². The van der Waals surface area contributed by atoms with E-state index in [1.54, 1.807) is 30.3 Å². The summed E-state index contributed by atoms with van der Waals surface area (Å²) in [5.41, 5.74) is 5.95. The summed E-state index contributed by atoms with van der Waals surface area (Å²) in [6.45, 7) is 2.54. The zero-order valence-corrected chi connectivity index (χ0v) is 12.2. The Balaban J connectivity index is 2.14. The predicted molar refractivity (Wildman–Crippen MR) is 81.6 cm³/mol. The number of oxime groups is 1. The summed E-state index contributed by atoms with van der Waals surface area (Å²) in [7, 11) is 0. The van der Waals surface area contributed by atoms with Crippen LogP contribution in [0.3, 0.4) is 0 Å². The van der Waals surface area contributed by atoms with Crippen LogP contribution in [0.1, 0.15) is 12.5 Å². The van der Waals surface area contributed by atoms with E-state index in [2.05, 4.69) is 5.16 Å². The van der Waals surface area contributed by atoms with Gasteiger partial charge in [-0.3, -0.25) is 0 Å². The molecule has 0 atom stereocenters. The minimum absolute atomic E-state index is 0.0485. The van der Waals surface area contributed by atoms with Gasteiger partial charge in [0, 0.05) is 11.6 Å². The van der Waals surface area contributed by atoms with Crippen LogP contribution >= 0.6 is 11.6 Å². The maximum absolute atomic E-state index is 8.65. The van der Waals surface area contributed by atoms with E-state index in [1.165, 1.54) is 0 Å². The normalized spacial score (nSPS) is 11.2. The molecule has 0 heterocycles. The van der Waals surface area contributed by atoms with E-state index in [9.17, 15) is 0 Å². The Morgan fingerprint density at radius 3 is 2.33 bits per heavy atom. The first-order valence-electron chi connectivity index (χ1n) is 6.32. The van der Waals surface area contributed by atoms with Crippen molar-refractivity contribution < 1.29 is 14.7 Å². The highest BCUT2D eigenvalue weighted by molar-refractivity contribution is 6.34. The molecule has 0 fully saturated rings. The molecule has 2 rings (SSSR count). The molecule has 21 heavy (non-hydrogen) atoms. The fraction of sp³-hybridized carbons (Fsp3) is 0.133. The highest BCUT2D eigenvalue weighted by atomic mass is 35.5. The Kier molecular flexibility index (Phi) is 4.90. The fourth-order valence-electron chi connectivity index (χ4n) is 1.73. The van der Waals surface area contributed by atoms with Gasteiger partial charge in [0.25, 0.3) is 0 Å². The second-order valence-corrected chi connectivity index (χ2v) is 4.54. The molecular weight excluding hydrogens is 292 g/mol. The monoisotopic (exact) mass is 306 g/mol. The molecular formula is C15H15ClN2O3. The molecule has 0 aliphatic rings. The number of nitrogens with two attached hydrogens (primary N) is 1. The molecule has 0 saturated carbocycles. The average Bonchev–Trinajstić information content (AvgIpc) is 2.49. The number of amidine groups is 1. The molecule has 0 bridgehead atoms. The quantitative estimate of drug-likeness (QED) is 0.383. The number of hydrogen-bond donors (Lipinski definition) is 2. The van der Waals surface area contributed by atoms with Crippen LogP contribution in [0, 0.1) is 0 Å². The Labute approximate surface area is 127 Å². The van der Waals surface area contributed by atoms with Crippen LogP contribution in [-0.4, -0.2) is 17.6 Å². The summed E-state index contributed by atoms with van der Waals surface area (Å²) < 4.78 is 11.0. The van der Waals surface area contributed by atoms with E-state index >= 15 is 0 Å². The summed E-state index contributed by atoms with van der Waals surface area (Å²) in [4.78, 5) is 0. The zero-order chi connectivity index (χ0) is 15.2. The summed E-state index contributed by atoms with van der Waals surface area (Å²) in [5.74, 6) is 1.95. The van der Waals surface area contributed by atoms with Crippen molar-refractivity contribution in [1.29, 1.82) is 0 Å². The lowest BCUT2D eigenvalue weighted by Crippen LogP contribution is -2.13. The highest BCUT2D eigenvalue weighted by Gasteiger charge is 2.07. The molecule has 0 aliphatic carbocycles. The summed E-state index contributed by atoms with van der Waals surface area (Å²) >= 11 is 6.06. The van der Waals surface area contributed by atoms with Gasteiger partial charge in [-0.25, -0.2) is 0 Å². The topological polar surface area (TPSA) is 77.1 Å². The summed E-state index contributed by atoms with van der Waals surface area (Å²) in [6.07, 6.45) is 0.